The largest absolute Gasteiger partial charge is 0.481 e. The van der Waals surface area contributed by atoms with Crippen molar-refractivity contribution in [1.29, 1.82) is 0 Å². The fourth-order valence-corrected chi connectivity index (χ4v) is 1.13. The monoisotopic (exact) mass is 143 g/mol. The minimum atomic E-state index is -0.793. The summed E-state index contributed by atoms with van der Waals surface area (Å²) in [4.78, 5) is 10.3. The van der Waals surface area contributed by atoms with Crippen LogP contribution in [0.4, 0.5) is 0 Å². The van der Waals surface area contributed by atoms with Gasteiger partial charge in [-0.05, 0) is 12.8 Å². The summed E-state index contributed by atoms with van der Waals surface area (Å²) in [6.45, 7) is 0. The van der Waals surface area contributed by atoms with Crippen LogP contribution in [0.2, 0.25) is 0 Å². The van der Waals surface area contributed by atoms with E-state index in [-0.39, 0.29) is 5.92 Å². The Morgan fingerprint density at radius 2 is 2.40 bits per heavy atom. The van der Waals surface area contributed by atoms with E-state index in [0.29, 0.717) is 25.0 Å². The number of hydrogen-bond acceptors (Lipinski definition) is 3. The summed E-state index contributed by atoms with van der Waals surface area (Å²) in [6.07, 6.45) is 1.63. The highest BCUT2D eigenvalue weighted by Crippen LogP contribution is 2.22. The number of aliphatic carboxylic acids is 1. The van der Waals surface area contributed by atoms with E-state index >= 15 is 0 Å². The molecule has 1 unspecified atom stereocenters. The molecule has 0 radical (unpaired) electrons. The fraction of sp³-hybridized carbons (Fsp3) is 0.667. The molecular weight excluding hydrogens is 134 g/mol. The van der Waals surface area contributed by atoms with Crippen molar-refractivity contribution < 1.29 is 15.1 Å². The standard InChI is InChI=1S/C6H9NO3/c8-6(9)4-1-2-5(3-4)7-10/h4,10H,1-3H2,(H,8,9). The smallest absolute Gasteiger partial charge is 0.306 e. The van der Waals surface area contributed by atoms with Crippen LogP contribution in [-0.4, -0.2) is 22.0 Å². The Bertz CT molecular complexity index is 176. The van der Waals surface area contributed by atoms with Crippen molar-refractivity contribution >= 4 is 11.7 Å². The van der Waals surface area contributed by atoms with Gasteiger partial charge in [0.05, 0.1) is 11.6 Å². The summed E-state index contributed by atoms with van der Waals surface area (Å²) in [6, 6.07) is 0. The molecule has 0 saturated heterocycles. The molecule has 4 nitrogen and oxygen atoms in total. The van der Waals surface area contributed by atoms with Gasteiger partial charge in [0.25, 0.3) is 0 Å². The van der Waals surface area contributed by atoms with Crippen LogP contribution in [0.1, 0.15) is 19.3 Å². The number of carbonyl (C=O) groups is 1. The molecule has 2 N–H and O–H groups in total. The van der Waals surface area contributed by atoms with Gasteiger partial charge in [-0.1, -0.05) is 5.16 Å². The molecule has 1 aliphatic rings. The van der Waals surface area contributed by atoms with Gasteiger partial charge in [-0.3, -0.25) is 4.79 Å². The first-order chi connectivity index (χ1) is 4.74. The predicted octanol–water partition coefficient (Wildman–Crippen LogP) is 0.701. The lowest BCUT2D eigenvalue weighted by atomic mass is 10.1. The van der Waals surface area contributed by atoms with Crippen molar-refractivity contribution in [2.75, 3.05) is 0 Å². The van der Waals surface area contributed by atoms with Crippen molar-refractivity contribution in [3.05, 3.63) is 0 Å². The molecule has 4 heteroatoms. The highest BCUT2D eigenvalue weighted by atomic mass is 16.4. The summed E-state index contributed by atoms with van der Waals surface area (Å²) >= 11 is 0. The van der Waals surface area contributed by atoms with E-state index < -0.39 is 5.97 Å². The van der Waals surface area contributed by atoms with Crippen LogP contribution in [0.5, 0.6) is 0 Å². The highest BCUT2D eigenvalue weighted by molar-refractivity contribution is 5.90. The normalized spacial score (nSPS) is 29.2. The first-order valence-corrected chi connectivity index (χ1v) is 3.16. The molecule has 1 aliphatic carbocycles. The van der Waals surface area contributed by atoms with E-state index in [9.17, 15) is 4.79 Å². The molecule has 1 fully saturated rings. The highest BCUT2D eigenvalue weighted by Gasteiger charge is 2.26. The lowest BCUT2D eigenvalue weighted by Crippen LogP contribution is -2.09. The van der Waals surface area contributed by atoms with Gasteiger partial charge in [0, 0.05) is 6.42 Å². The number of nitrogens with zero attached hydrogens (tertiary/aromatic N) is 1. The lowest BCUT2D eigenvalue weighted by molar-refractivity contribution is -0.141. The van der Waals surface area contributed by atoms with E-state index in [4.69, 9.17) is 10.3 Å². The molecule has 10 heavy (non-hydrogen) atoms. The number of carboxylic acid groups (broad SMARTS) is 1. The van der Waals surface area contributed by atoms with Gasteiger partial charge >= 0.3 is 5.97 Å². The molecular formula is C6H9NO3. The number of oxime groups is 1. The molecule has 1 atom stereocenters. The minimum Gasteiger partial charge on any atom is -0.481 e. The second-order valence-corrected chi connectivity index (χ2v) is 2.44. The lowest BCUT2D eigenvalue weighted by Gasteiger charge is -1.97. The summed E-state index contributed by atoms with van der Waals surface area (Å²) in [5.41, 5.74) is 0.604. The first kappa shape index (κ1) is 7.05. The average molecular weight is 143 g/mol. The van der Waals surface area contributed by atoms with Crippen LogP contribution < -0.4 is 0 Å². The number of rotatable bonds is 1. The molecule has 0 amide bonds. The molecule has 0 aromatic carbocycles. The van der Waals surface area contributed by atoms with Gasteiger partial charge in [0.1, 0.15) is 0 Å². The predicted molar refractivity (Wildman–Crippen MR) is 34.2 cm³/mol. The summed E-state index contributed by atoms with van der Waals surface area (Å²) in [5.74, 6) is -1.12. The van der Waals surface area contributed by atoms with Crippen molar-refractivity contribution in [2.45, 2.75) is 19.3 Å². The van der Waals surface area contributed by atoms with Crippen molar-refractivity contribution in [3.8, 4) is 0 Å². The van der Waals surface area contributed by atoms with E-state index in [1.165, 1.54) is 0 Å². The summed E-state index contributed by atoms with van der Waals surface area (Å²) < 4.78 is 0. The average Bonchev–Trinajstić information content (AvgIpc) is 2.34. The second kappa shape index (κ2) is 2.68. The maximum Gasteiger partial charge on any atom is 0.306 e. The molecule has 0 heterocycles. The van der Waals surface area contributed by atoms with Gasteiger partial charge in [-0.15, -0.1) is 0 Å². The molecule has 0 aliphatic heterocycles. The third-order valence-electron chi connectivity index (χ3n) is 1.75. The third kappa shape index (κ3) is 1.26. The minimum absolute atomic E-state index is 0.328. The maximum absolute atomic E-state index is 10.3. The Kier molecular flexibility index (Phi) is 1.89. The van der Waals surface area contributed by atoms with Crippen molar-refractivity contribution in [1.82, 2.24) is 0 Å². The molecule has 0 spiro atoms. The Labute approximate surface area is 58.2 Å². The molecule has 0 aromatic rings. The van der Waals surface area contributed by atoms with Gasteiger partial charge in [0.2, 0.25) is 0 Å². The SMILES string of the molecule is O=C(O)C1CCC(=NO)C1. The van der Waals surface area contributed by atoms with Crippen LogP contribution in [0.25, 0.3) is 0 Å². The zero-order valence-corrected chi connectivity index (χ0v) is 5.45. The zero-order valence-electron chi connectivity index (χ0n) is 5.45. The first-order valence-electron chi connectivity index (χ1n) is 3.16. The van der Waals surface area contributed by atoms with Crippen LogP contribution in [0.15, 0.2) is 5.16 Å². The third-order valence-corrected chi connectivity index (χ3v) is 1.75. The van der Waals surface area contributed by atoms with Gasteiger partial charge in [-0.2, -0.15) is 0 Å². The Morgan fingerprint density at radius 3 is 2.70 bits per heavy atom. The molecule has 0 aromatic heterocycles. The van der Waals surface area contributed by atoms with Gasteiger partial charge in [0.15, 0.2) is 0 Å². The van der Waals surface area contributed by atoms with E-state index in [1.807, 2.05) is 0 Å². The maximum atomic E-state index is 10.3. The van der Waals surface area contributed by atoms with E-state index in [1.54, 1.807) is 0 Å². The Morgan fingerprint density at radius 1 is 1.70 bits per heavy atom. The van der Waals surface area contributed by atoms with E-state index in [0.717, 1.165) is 0 Å². The van der Waals surface area contributed by atoms with Crippen molar-refractivity contribution in [2.24, 2.45) is 11.1 Å². The van der Waals surface area contributed by atoms with Crippen LogP contribution >= 0.6 is 0 Å². The molecule has 56 valence electrons. The fourth-order valence-electron chi connectivity index (χ4n) is 1.13. The van der Waals surface area contributed by atoms with Crippen LogP contribution in [0, 0.1) is 5.92 Å². The van der Waals surface area contributed by atoms with Crippen LogP contribution in [-0.2, 0) is 4.79 Å². The summed E-state index contributed by atoms with van der Waals surface area (Å²) in [5, 5.41) is 19.7. The topological polar surface area (TPSA) is 69.9 Å². The zero-order chi connectivity index (χ0) is 7.56. The molecule has 1 saturated carbocycles. The molecule has 1 rings (SSSR count). The van der Waals surface area contributed by atoms with Crippen LogP contribution in [0.3, 0.4) is 0 Å². The van der Waals surface area contributed by atoms with Gasteiger partial charge < -0.3 is 10.3 Å². The molecule has 0 bridgehead atoms. The number of carboxylic acids is 1. The quantitative estimate of drug-likeness (QED) is 0.419. The summed E-state index contributed by atoms with van der Waals surface area (Å²) in [7, 11) is 0. The second-order valence-electron chi connectivity index (χ2n) is 2.44. The number of hydrogen-bond donors (Lipinski definition) is 2. The van der Waals surface area contributed by atoms with E-state index in [2.05, 4.69) is 5.16 Å². The van der Waals surface area contributed by atoms with Gasteiger partial charge in [-0.25, -0.2) is 0 Å². The Hall–Kier alpha value is -1.06. The Balaban J connectivity index is 2.51. The van der Waals surface area contributed by atoms with Crippen molar-refractivity contribution in [3.63, 3.8) is 0 Å².